The number of benzene rings is 1. The zero-order chi connectivity index (χ0) is 35.0. The monoisotopic (exact) mass is 628 g/mol. The van der Waals surface area contributed by atoms with Crippen LogP contribution >= 0.6 is 0 Å². The molecule has 0 heterocycles. The third-order valence-corrected chi connectivity index (χ3v) is 7.46. The second kappa shape index (κ2) is 16.3. The molecule has 1 aromatic rings. The summed E-state index contributed by atoms with van der Waals surface area (Å²) in [5, 5.41) is 0. The van der Waals surface area contributed by atoms with Crippen molar-refractivity contribution in [2.45, 2.75) is 107 Å². The molecule has 4 nitrogen and oxygen atoms in total. The van der Waals surface area contributed by atoms with Crippen molar-refractivity contribution in [3.05, 3.63) is 88.6 Å². The molecule has 0 aliphatic heterocycles. The lowest BCUT2D eigenvalue weighted by Crippen LogP contribution is -2.44. The van der Waals surface area contributed by atoms with E-state index in [1.165, 1.54) is 6.07 Å². The van der Waals surface area contributed by atoms with Crippen LogP contribution in [0.4, 0.5) is 18.0 Å². The van der Waals surface area contributed by atoms with E-state index in [1.54, 1.807) is 18.9 Å². The molecule has 0 radical (unpaired) electrons. The van der Waals surface area contributed by atoms with Gasteiger partial charge < -0.3 is 9.64 Å². The van der Waals surface area contributed by atoms with E-state index in [0.29, 0.717) is 36.1 Å². The highest BCUT2D eigenvalue weighted by atomic mass is 19.4. The van der Waals surface area contributed by atoms with Crippen LogP contribution in [0.2, 0.25) is 0 Å². The number of nitrogens with zero attached hydrogens (tertiary/aromatic N) is 2. The van der Waals surface area contributed by atoms with Crippen molar-refractivity contribution in [2.75, 3.05) is 13.6 Å². The summed E-state index contributed by atoms with van der Waals surface area (Å²) in [6.45, 7) is 34.9. The van der Waals surface area contributed by atoms with Crippen LogP contribution in [-0.2, 0) is 10.9 Å². The summed E-state index contributed by atoms with van der Waals surface area (Å²) in [7, 11) is 1.71. The van der Waals surface area contributed by atoms with Gasteiger partial charge in [0, 0.05) is 30.9 Å². The first-order valence-corrected chi connectivity index (χ1v) is 15.6. The Balaban J connectivity index is 3.67. The SMILES string of the molecule is C=C(C)/C(C(=C)CC[C@@H](C)N(CC(C)C)C(=O)OC(C)(C)C)=C(C(C)=NC)/C(=C\C(=C)c1cc(C(F)(F)F)ccc1C)C(C)C. The highest BCUT2D eigenvalue weighted by molar-refractivity contribution is 6.05. The molecule has 0 bridgehead atoms. The molecular weight excluding hydrogens is 573 g/mol. The lowest BCUT2D eigenvalue weighted by atomic mass is 9.81. The lowest BCUT2D eigenvalue weighted by Gasteiger charge is -2.33. The molecular formula is C38H55F3N2O2. The third kappa shape index (κ3) is 11.8. The number of aliphatic imine (C=N–C) groups is 1. The highest BCUT2D eigenvalue weighted by Gasteiger charge is 2.31. The first-order chi connectivity index (χ1) is 20.5. The largest absolute Gasteiger partial charge is 0.444 e. The molecule has 0 unspecified atom stereocenters. The quantitative estimate of drug-likeness (QED) is 0.161. The predicted octanol–water partition coefficient (Wildman–Crippen LogP) is 11.2. The summed E-state index contributed by atoms with van der Waals surface area (Å²) in [5.41, 5.74) is 5.26. The van der Waals surface area contributed by atoms with Crippen LogP contribution in [0.1, 0.15) is 98.8 Å². The fourth-order valence-electron chi connectivity index (χ4n) is 5.09. The van der Waals surface area contributed by atoms with Crippen LogP contribution in [0.15, 0.2) is 76.9 Å². The van der Waals surface area contributed by atoms with Crippen molar-refractivity contribution >= 4 is 17.4 Å². The van der Waals surface area contributed by atoms with Crippen LogP contribution in [0, 0.1) is 18.8 Å². The Hall–Kier alpha value is -3.35. The summed E-state index contributed by atoms with van der Waals surface area (Å²) in [4.78, 5) is 19.4. The Morgan fingerprint density at radius 2 is 1.60 bits per heavy atom. The van der Waals surface area contributed by atoms with Gasteiger partial charge in [-0.05, 0) is 119 Å². The maximum atomic E-state index is 13.6. The second-order valence-electron chi connectivity index (χ2n) is 13.7. The normalized spacial score (nSPS) is 14.3. The van der Waals surface area contributed by atoms with Gasteiger partial charge in [0.15, 0.2) is 0 Å². The molecule has 1 aromatic carbocycles. The minimum atomic E-state index is -4.46. The second-order valence-corrected chi connectivity index (χ2v) is 13.7. The molecule has 0 fully saturated rings. The first kappa shape index (κ1) is 39.7. The number of carbonyl (C=O) groups excluding carboxylic acids is 1. The fraction of sp³-hybridized carbons (Fsp3) is 0.526. The predicted molar refractivity (Wildman–Crippen MR) is 185 cm³/mol. The number of rotatable bonds is 13. The Kier molecular flexibility index (Phi) is 14.4. The Morgan fingerprint density at radius 1 is 1.02 bits per heavy atom. The summed E-state index contributed by atoms with van der Waals surface area (Å²) >= 11 is 0. The number of halogens is 3. The number of carbonyl (C=O) groups is 1. The first-order valence-electron chi connectivity index (χ1n) is 15.6. The standard InChI is InChI=1S/C38H55F3N2O2/c1-23(2)22-43(36(44)45-37(12,13)14)29(10)18-16-27(8)34(25(5)6)35(30(11)42-15)32(24(3)4)20-28(9)33-21-31(38(39,40)41)19-17-26(33)7/h17,19-21,23-24,29H,5,8-9,16,18,22H2,1-4,6-7,10-15H3/b32-20-,35-34-,42-30?/t29-/m1/s1. The molecule has 250 valence electrons. The fourth-order valence-corrected chi connectivity index (χ4v) is 5.09. The molecule has 7 heteroatoms. The van der Waals surface area contributed by atoms with Gasteiger partial charge >= 0.3 is 12.3 Å². The van der Waals surface area contributed by atoms with Crippen molar-refractivity contribution in [3.63, 3.8) is 0 Å². The summed E-state index contributed by atoms with van der Waals surface area (Å²) in [6.07, 6.45) is -1.70. The topological polar surface area (TPSA) is 41.9 Å². The van der Waals surface area contributed by atoms with E-state index in [4.69, 9.17) is 4.74 Å². The summed E-state index contributed by atoms with van der Waals surface area (Å²) < 4.78 is 46.4. The number of alkyl halides is 3. The number of allylic oxidation sites excluding steroid dienone is 7. The van der Waals surface area contributed by atoms with Gasteiger partial charge in [-0.3, -0.25) is 4.99 Å². The molecule has 1 amide bonds. The van der Waals surface area contributed by atoms with Gasteiger partial charge in [0.05, 0.1) is 5.56 Å². The van der Waals surface area contributed by atoms with Crippen LogP contribution in [0.3, 0.4) is 0 Å². The maximum absolute atomic E-state index is 13.6. The van der Waals surface area contributed by atoms with E-state index >= 15 is 0 Å². The lowest BCUT2D eigenvalue weighted by molar-refractivity contribution is -0.137. The van der Waals surface area contributed by atoms with Crippen molar-refractivity contribution < 1.29 is 22.7 Å². The van der Waals surface area contributed by atoms with Crippen molar-refractivity contribution in [1.82, 2.24) is 4.90 Å². The zero-order valence-corrected chi connectivity index (χ0v) is 29.6. The van der Waals surface area contributed by atoms with Crippen LogP contribution in [0.5, 0.6) is 0 Å². The molecule has 0 spiro atoms. The minimum absolute atomic E-state index is 0.0191. The summed E-state index contributed by atoms with van der Waals surface area (Å²) in [5.74, 6) is 0.241. The van der Waals surface area contributed by atoms with Crippen LogP contribution in [0.25, 0.3) is 5.57 Å². The van der Waals surface area contributed by atoms with Gasteiger partial charge in [-0.2, -0.15) is 13.2 Å². The Morgan fingerprint density at radius 3 is 2.04 bits per heavy atom. The van der Waals surface area contributed by atoms with Crippen molar-refractivity contribution in [3.8, 4) is 0 Å². The van der Waals surface area contributed by atoms with Gasteiger partial charge in [-0.25, -0.2) is 4.79 Å². The molecule has 45 heavy (non-hydrogen) atoms. The molecule has 0 aliphatic carbocycles. The molecule has 0 saturated carbocycles. The van der Waals surface area contributed by atoms with E-state index in [0.717, 1.165) is 45.7 Å². The number of aryl methyl sites for hydroxylation is 1. The van der Waals surface area contributed by atoms with Gasteiger partial charge in [-0.1, -0.05) is 65.1 Å². The van der Waals surface area contributed by atoms with Gasteiger partial charge in [-0.15, -0.1) is 0 Å². The smallest absolute Gasteiger partial charge is 0.416 e. The minimum Gasteiger partial charge on any atom is -0.444 e. The molecule has 0 N–H and O–H groups in total. The average molecular weight is 629 g/mol. The number of amides is 1. The van der Waals surface area contributed by atoms with Gasteiger partial charge in [0.1, 0.15) is 5.60 Å². The van der Waals surface area contributed by atoms with E-state index in [1.807, 2.05) is 61.5 Å². The third-order valence-electron chi connectivity index (χ3n) is 7.46. The number of hydrogen-bond acceptors (Lipinski definition) is 3. The highest BCUT2D eigenvalue weighted by Crippen LogP contribution is 2.37. The van der Waals surface area contributed by atoms with E-state index < -0.39 is 17.3 Å². The van der Waals surface area contributed by atoms with E-state index in [9.17, 15) is 18.0 Å². The molecule has 0 aromatic heterocycles. The maximum Gasteiger partial charge on any atom is 0.416 e. The number of hydrogen-bond donors (Lipinski definition) is 0. The molecule has 0 saturated heterocycles. The van der Waals surface area contributed by atoms with Crippen LogP contribution < -0.4 is 0 Å². The Bertz CT molecular complexity index is 1350. The van der Waals surface area contributed by atoms with Crippen molar-refractivity contribution in [2.24, 2.45) is 16.8 Å². The molecule has 0 aliphatic rings. The van der Waals surface area contributed by atoms with Gasteiger partial charge in [0.2, 0.25) is 0 Å². The summed E-state index contributed by atoms with van der Waals surface area (Å²) in [6, 6.07) is 3.61. The molecule has 1 rings (SSSR count). The van der Waals surface area contributed by atoms with E-state index in [-0.39, 0.29) is 24.0 Å². The van der Waals surface area contributed by atoms with Crippen molar-refractivity contribution in [1.29, 1.82) is 0 Å². The zero-order valence-electron chi connectivity index (χ0n) is 29.6. The molecule has 1 atom stereocenters. The van der Waals surface area contributed by atoms with E-state index in [2.05, 4.69) is 38.6 Å². The number of ether oxygens (including phenoxy) is 1. The van der Waals surface area contributed by atoms with Crippen LogP contribution in [-0.4, -0.2) is 41.9 Å². The average Bonchev–Trinajstić information content (AvgIpc) is 2.89. The van der Waals surface area contributed by atoms with Gasteiger partial charge in [0.25, 0.3) is 0 Å². The Labute approximate surface area is 270 Å².